The maximum atomic E-state index is 12.1. The number of carbonyl (C=O) groups is 1. The Balaban J connectivity index is 2.20. The van der Waals surface area contributed by atoms with E-state index in [-0.39, 0.29) is 18.1 Å². The van der Waals surface area contributed by atoms with Crippen LogP contribution in [0, 0.1) is 5.92 Å². The Labute approximate surface area is 123 Å². The molecule has 0 aromatic carbocycles. The second-order valence-corrected chi connectivity index (χ2v) is 6.31. The Morgan fingerprint density at radius 3 is 2.65 bits per heavy atom. The van der Waals surface area contributed by atoms with Crippen molar-refractivity contribution in [1.29, 1.82) is 0 Å². The minimum atomic E-state index is -0.117. The lowest BCUT2D eigenvalue weighted by atomic mass is 9.83. The van der Waals surface area contributed by atoms with Crippen LogP contribution in [-0.2, 0) is 4.79 Å². The van der Waals surface area contributed by atoms with E-state index < -0.39 is 0 Å². The molecule has 1 fully saturated rings. The summed E-state index contributed by atoms with van der Waals surface area (Å²) < 4.78 is 0. The quantitative estimate of drug-likeness (QED) is 0.672. The van der Waals surface area contributed by atoms with E-state index in [1.165, 1.54) is 6.42 Å². The van der Waals surface area contributed by atoms with Gasteiger partial charge in [0.1, 0.15) is 0 Å². The van der Waals surface area contributed by atoms with Gasteiger partial charge in [0.05, 0.1) is 12.1 Å². The van der Waals surface area contributed by atoms with Crippen molar-refractivity contribution in [2.45, 2.75) is 70.4 Å². The van der Waals surface area contributed by atoms with Crippen LogP contribution in [0.4, 0.5) is 0 Å². The van der Waals surface area contributed by atoms with Gasteiger partial charge in [-0.1, -0.05) is 26.2 Å². The topological polar surface area (TPSA) is 52.6 Å². The molecule has 1 aliphatic carbocycles. The van der Waals surface area contributed by atoms with Crippen LogP contribution in [0.5, 0.6) is 0 Å². The summed E-state index contributed by atoms with van der Waals surface area (Å²) in [5.41, 5.74) is 0. The number of hydrogen-bond acceptors (Lipinski definition) is 3. The zero-order chi connectivity index (χ0) is 15.0. The van der Waals surface area contributed by atoms with Crippen molar-refractivity contribution in [3.05, 3.63) is 0 Å². The van der Waals surface area contributed by atoms with E-state index in [2.05, 4.69) is 12.2 Å². The lowest BCUT2D eigenvalue weighted by molar-refractivity contribution is -0.125. The number of rotatable bonds is 8. The van der Waals surface area contributed by atoms with Crippen molar-refractivity contribution in [2.24, 2.45) is 5.92 Å². The van der Waals surface area contributed by atoms with Crippen LogP contribution in [0.3, 0.4) is 0 Å². The summed E-state index contributed by atoms with van der Waals surface area (Å²) in [6, 6.07) is -0.0136. The Kier molecular flexibility index (Phi) is 8.15. The molecule has 1 rings (SSSR count). The van der Waals surface area contributed by atoms with Gasteiger partial charge in [-0.05, 0) is 52.1 Å². The van der Waals surface area contributed by atoms with Gasteiger partial charge in [0.25, 0.3) is 0 Å². The first-order valence-electron chi connectivity index (χ1n) is 8.18. The molecule has 0 spiro atoms. The van der Waals surface area contributed by atoms with Crippen molar-refractivity contribution in [1.82, 2.24) is 10.2 Å². The average Bonchev–Trinajstić information content (AvgIpc) is 2.42. The molecule has 20 heavy (non-hydrogen) atoms. The maximum absolute atomic E-state index is 12.1. The third-order valence-corrected chi connectivity index (χ3v) is 4.41. The monoisotopic (exact) mass is 284 g/mol. The van der Waals surface area contributed by atoms with Crippen LogP contribution in [0.2, 0.25) is 0 Å². The van der Waals surface area contributed by atoms with Crippen LogP contribution in [-0.4, -0.2) is 48.7 Å². The molecule has 0 radical (unpaired) electrons. The second kappa shape index (κ2) is 9.35. The predicted molar refractivity (Wildman–Crippen MR) is 82.6 cm³/mol. The second-order valence-electron chi connectivity index (χ2n) is 6.31. The highest BCUT2D eigenvalue weighted by Crippen LogP contribution is 2.27. The number of hydrogen-bond donors (Lipinski definition) is 2. The van der Waals surface area contributed by atoms with Crippen molar-refractivity contribution >= 4 is 5.91 Å². The van der Waals surface area contributed by atoms with Crippen LogP contribution in [0.15, 0.2) is 0 Å². The Hall–Kier alpha value is -0.610. The molecule has 118 valence electrons. The molecule has 4 nitrogen and oxygen atoms in total. The molecule has 1 amide bonds. The van der Waals surface area contributed by atoms with Crippen LogP contribution >= 0.6 is 0 Å². The highest BCUT2D eigenvalue weighted by molar-refractivity contribution is 5.81. The molecule has 3 unspecified atom stereocenters. The van der Waals surface area contributed by atoms with Gasteiger partial charge in [0.15, 0.2) is 0 Å². The minimum Gasteiger partial charge on any atom is -0.393 e. The third-order valence-electron chi connectivity index (χ3n) is 4.41. The molecule has 0 saturated heterocycles. The van der Waals surface area contributed by atoms with Gasteiger partial charge < -0.3 is 10.4 Å². The molecule has 0 bridgehead atoms. The zero-order valence-corrected chi connectivity index (χ0v) is 13.4. The Morgan fingerprint density at radius 1 is 1.35 bits per heavy atom. The summed E-state index contributed by atoms with van der Waals surface area (Å²) in [7, 11) is 3.91. The number of aliphatic hydroxyl groups is 1. The number of likely N-dealkylation sites (N-methyl/N-ethyl adjacent to an activating group) is 1. The summed E-state index contributed by atoms with van der Waals surface area (Å²) in [4.78, 5) is 14.1. The van der Waals surface area contributed by atoms with E-state index in [0.717, 1.165) is 51.5 Å². The lowest BCUT2D eigenvalue weighted by Crippen LogP contribution is -2.43. The van der Waals surface area contributed by atoms with E-state index in [0.29, 0.717) is 5.92 Å². The van der Waals surface area contributed by atoms with E-state index >= 15 is 0 Å². The highest BCUT2D eigenvalue weighted by atomic mass is 16.3. The normalized spacial score (nSPS) is 24.6. The fourth-order valence-electron chi connectivity index (χ4n) is 3.12. The fraction of sp³-hybridized carbons (Fsp3) is 0.938. The highest BCUT2D eigenvalue weighted by Gasteiger charge is 2.23. The van der Waals surface area contributed by atoms with Gasteiger partial charge in [-0.25, -0.2) is 0 Å². The summed E-state index contributed by atoms with van der Waals surface area (Å²) >= 11 is 0. The van der Waals surface area contributed by atoms with Crippen LogP contribution < -0.4 is 5.32 Å². The number of aliphatic hydroxyl groups excluding tert-OH is 1. The van der Waals surface area contributed by atoms with Gasteiger partial charge in [-0.3, -0.25) is 9.69 Å². The van der Waals surface area contributed by atoms with E-state index in [1.807, 2.05) is 19.0 Å². The van der Waals surface area contributed by atoms with Crippen LogP contribution in [0.25, 0.3) is 0 Å². The molecular weight excluding hydrogens is 252 g/mol. The van der Waals surface area contributed by atoms with Crippen molar-refractivity contribution < 1.29 is 9.90 Å². The molecular formula is C16H32N2O2. The predicted octanol–water partition coefficient (Wildman–Crippen LogP) is 2.16. The van der Waals surface area contributed by atoms with Crippen molar-refractivity contribution in [2.75, 3.05) is 20.6 Å². The molecule has 0 heterocycles. The molecule has 0 aliphatic heterocycles. The number of nitrogens with one attached hydrogen (secondary N) is 1. The lowest BCUT2D eigenvalue weighted by Gasteiger charge is -2.27. The molecule has 2 N–H and O–H groups in total. The zero-order valence-electron chi connectivity index (χ0n) is 13.4. The number of amides is 1. The van der Waals surface area contributed by atoms with Crippen molar-refractivity contribution in [3.8, 4) is 0 Å². The first-order valence-corrected chi connectivity index (χ1v) is 8.18. The summed E-state index contributed by atoms with van der Waals surface area (Å²) in [6.45, 7) is 2.84. The first kappa shape index (κ1) is 17.4. The molecule has 3 atom stereocenters. The molecule has 1 aliphatic rings. The number of carbonyl (C=O) groups excluding carboxylic acids is 1. The molecule has 0 aromatic rings. The first-order chi connectivity index (χ1) is 9.56. The summed E-state index contributed by atoms with van der Waals surface area (Å²) in [6.07, 6.45) is 8.31. The van der Waals surface area contributed by atoms with Crippen LogP contribution in [0.1, 0.15) is 58.3 Å². The van der Waals surface area contributed by atoms with Gasteiger partial charge in [-0.15, -0.1) is 0 Å². The standard InChI is InChI=1S/C16H32N2O2/c1-4-8-14(18(2)3)16(20)17-12-7-10-13-9-5-6-11-15(13)19/h13-15,19H,4-12H2,1-3H3,(H,17,20). The van der Waals surface area contributed by atoms with Gasteiger partial charge in [0.2, 0.25) is 5.91 Å². The Morgan fingerprint density at radius 2 is 2.05 bits per heavy atom. The smallest absolute Gasteiger partial charge is 0.237 e. The third kappa shape index (κ3) is 5.80. The summed E-state index contributed by atoms with van der Waals surface area (Å²) in [5, 5.41) is 13.0. The minimum absolute atomic E-state index is 0.0136. The number of nitrogens with zero attached hydrogens (tertiary/aromatic N) is 1. The average molecular weight is 284 g/mol. The van der Waals surface area contributed by atoms with Gasteiger partial charge in [-0.2, -0.15) is 0 Å². The largest absolute Gasteiger partial charge is 0.393 e. The van der Waals surface area contributed by atoms with E-state index in [4.69, 9.17) is 0 Å². The SMILES string of the molecule is CCCC(C(=O)NCCCC1CCCCC1O)N(C)C. The molecule has 4 heteroatoms. The summed E-state index contributed by atoms with van der Waals surface area (Å²) in [5.74, 6) is 0.585. The van der Waals surface area contributed by atoms with Gasteiger partial charge >= 0.3 is 0 Å². The molecule has 1 saturated carbocycles. The van der Waals surface area contributed by atoms with E-state index in [1.54, 1.807) is 0 Å². The Bertz CT molecular complexity index is 282. The fourth-order valence-corrected chi connectivity index (χ4v) is 3.12. The van der Waals surface area contributed by atoms with Crippen molar-refractivity contribution in [3.63, 3.8) is 0 Å². The molecule has 0 aromatic heterocycles. The van der Waals surface area contributed by atoms with Gasteiger partial charge in [0, 0.05) is 6.54 Å². The maximum Gasteiger partial charge on any atom is 0.237 e. The van der Waals surface area contributed by atoms with E-state index in [9.17, 15) is 9.90 Å².